The second-order valence-electron chi connectivity index (χ2n) is 7.94. The summed E-state index contributed by atoms with van der Waals surface area (Å²) in [5, 5.41) is 2.37. The van der Waals surface area contributed by atoms with Crippen molar-refractivity contribution in [2.45, 2.75) is 0 Å². The highest BCUT2D eigenvalue weighted by Crippen LogP contribution is 2.34. The third kappa shape index (κ3) is 3.99. The number of amides is 2. The van der Waals surface area contributed by atoms with Crippen LogP contribution >= 0.6 is 0 Å². The Morgan fingerprint density at radius 3 is 2.56 bits per heavy atom. The van der Waals surface area contributed by atoms with E-state index in [0.29, 0.717) is 60.0 Å². The SMILES string of the molecule is COc1cc2nccc(Oc3ccc4c(C(=O)N5CCOCC5)cccc4c3)c2cc1C(N)=O. The number of rotatable bonds is 5. The monoisotopic (exact) mass is 457 g/mol. The van der Waals surface area contributed by atoms with E-state index in [4.69, 9.17) is 19.9 Å². The molecule has 0 unspecified atom stereocenters. The lowest BCUT2D eigenvalue weighted by Gasteiger charge is -2.27. The summed E-state index contributed by atoms with van der Waals surface area (Å²) < 4.78 is 16.8. The number of nitrogens with zero attached hydrogens (tertiary/aromatic N) is 2. The Labute approximate surface area is 195 Å². The molecular formula is C26H23N3O5. The van der Waals surface area contributed by atoms with Gasteiger partial charge >= 0.3 is 0 Å². The first-order valence-electron chi connectivity index (χ1n) is 10.9. The summed E-state index contributed by atoms with van der Waals surface area (Å²) in [6.07, 6.45) is 1.63. The van der Waals surface area contributed by atoms with Crippen LogP contribution in [0.25, 0.3) is 21.7 Å². The maximum absolute atomic E-state index is 13.1. The second-order valence-corrected chi connectivity index (χ2v) is 7.94. The van der Waals surface area contributed by atoms with Crippen molar-refractivity contribution < 1.29 is 23.8 Å². The fourth-order valence-corrected chi connectivity index (χ4v) is 4.17. The molecule has 2 N–H and O–H groups in total. The maximum atomic E-state index is 13.1. The van der Waals surface area contributed by atoms with Gasteiger partial charge in [-0.25, -0.2) is 0 Å². The number of benzene rings is 3. The Morgan fingerprint density at radius 1 is 0.971 bits per heavy atom. The highest BCUT2D eigenvalue weighted by atomic mass is 16.5. The van der Waals surface area contributed by atoms with Crippen molar-refractivity contribution in [1.29, 1.82) is 0 Å². The van der Waals surface area contributed by atoms with E-state index in [9.17, 15) is 9.59 Å². The van der Waals surface area contributed by atoms with Crippen molar-refractivity contribution in [2.24, 2.45) is 5.73 Å². The van der Waals surface area contributed by atoms with E-state index >= 15 is 0 Å². The summed E-state index contributed by atoms with van der Waals surface area (Å²) >= 11 is 0. The standard InChI is InChI=1S/C26H23N3O5/c1-32-24-15-22-20(14-21(24)25(27)30)23(7-8-28-22)34-17-5-6-18-16(13-17)3-2-4-19(18)26(31)29-9-11-33-12-10-29/h2-8,13-15H,9-12H2,1H3,(H2,27,30). The van der Waals surface area contributed by atoms with Crippen LogP contribution < -0.4 is 15.2 Å². The largest absolute Gasteiger partial charge is 0.496 e. The van der Waals surface area contributed by atoms with Gasteiger partial charge in [-0.1, -0.05) is 12.1 Å². The maximum Gasteiger partial charge on any atom is 0.254 e. The molecule has 0 aliphatic carbocycles. The average molecular weight is 457 g/mol. The average Bonchev–Trinajstić information content (AvgIpc) is 2.87. The van der Waals surface area contributed by atoms with Crippen LogP contribution in [0.1, 0.15) is 20.7 Å². The number of nitrogens with two attached hydrogens (primary N) is 1. The summed E-state index contributed by atoms with van der Waals surface area (Å²) in [5.74, 6) is 0.864. The number of carbonyl (C=O) groups excluding carboxylic acids is 2. The number of primary amides is 1. The number of hydrogen-bond donors (Lipinski definition) is 1. The van der Waals surface area contributed by atoms with Gasteiger partial charge in [-0.2, -0.15) is 0 Å². The van der Waals surface area contributed by atoms with Crippen LogP contribution in [0.3, 0.4) is 0 Å². The minimum Gasteiger partial charge on any atom is -0.496 e. The number of morpholine rings is 1. The molecule has 1 aliphatic heterocycles. The summed E-state index contributed by atoms with van der Waals surface area (Å²) in [6, 6.07) is 16.3. The van der Waals surface area contributed by atoms with Crippen LogP contribution in [-0.4, -0.2) is 55.1 Å². The van der Waals surface area contributed by atoms with Gasteiger partial charge in [0.25, 0.3) is 11.8 Å². The topological polar surface area (TPSA) is 104 Å². The smallest absolute Gasteiger partial charge is 0.254 e. The van der Waals surface area contributed by atoms with Crippen LogP contribution in [0.4, 0.5) is 0 Å². The van der Waals surface area contributed by atoms with Gasteiger partial charge in [0.05, 0.1) is 31.4 Å². The van der Waals surface area contributed by atoms with E-state index in [1.807, 2.05) is 41.3 Å². The summed E-state index contributed by atoms with van der Waals surface area (Å²) in [6.45, 7) is 2.28. The van der Waals surface area contributed by atoms with Gasteiger partial charge < -0.3 is 24.8 Å². The van der Waals surface area contributed by atoms with Gasteiger partial charge in [0.15, 0.2) is 0 Å². The molecular weight excluding hydrogens is 434 g/mol. The Hall–Kier alpha value is -4.17. The zero-order valence-electron chi connectivity index (χ0n) is 18.6. The highest BCUT2D eigenvalue weighted by Gasteiger charge is 2.20. The number of fused-ring (bicyclic) bond motifs is 2. The highest BCUT2D eigenvalue weighted by molar-refractivity contribution is 6.07. The van der Waals surface area contributed by atoms with Crippen molar-refractivity contribution >= 4 is 33.5 Å². The molecule has 0 spiro atoms. The number of ether oxygens (including phenoxy) is 3. The van der Waals surface area contributed by atoms with Gasteiger partial charge in [-0.05, 0) is 47.2 Å². The van der Waals surface area contributed by atoms with Gasteiger partial charge in [-0.15, -0.1) is 0 Å². The first-order valence-corrected chi connectivity index (χ1v) is 10.9. The van der Waals surface area contributed by atoms with Gasteiger partial charge in [0.2, 0.25) is 0 Å². The summed E-state index contributed by atoms with van der Waals surface area (Å²) in [7, 11) is 1.47. The van der Waals surface area contributed by atoms with E-state index in [1.54, 1.807) is 24.4 Å². The van der Waals surface area contributed by atoms with Crippen LogP contribution in [-0.2, 0) is 4.74 Å². The number of carbonyl (C=O) groups is 2. The molecule has 0 radical (unpaired) electrons. The van der Waals surface area contributed by atoms with Crippen molar-refractivity contribution in [3.05, 3.63) is 71.9 Å². The Kier molecular flexibility index (Phi) is 5.73. The van der Waals surface area contributed by atoms with E-state index in [1.165, 1.54) is 7.11 Å². The molecule has 3 aromatic carbocycles. The van der Waals surface area contributed by atoms with Crippen molar-refractivity contribution in [1.82, 2.24) is 9.88 Å². The summed E-state index contributed by atoms with van der Waals surface area (Å²) in [4.78, 5) is 31.1. The van der Waals surface area contributed by atoms with E-state index in [0.717, 1.165) is 10.8 Å². The molecule has 2 heterocycles. The Bertz CT molecular complexity index is 1410. The third-order valence-corrected chi connectivity index (χ3v) is 5.90. The number of pyridine rings is 1. The van der Waals surface area contributed by atoms with Crippen LogP contribution in [0.2, 0.25) is 0 Å². The molecule has 0 bridgehead atoms. The Morgan fingerprint density at radius 2 is 1.79 bits per heavy atom. The molecule has 172 valence electrons. The number of methoxy groups -OCH3 is 1. The van der Waals surface area contributed by atoms with Crippen LogP contribution in [0, 0.1) is 0 Å². The molecule has 0 atom stereocenters. The molecule has 8 nitrogen and oxygen atoms in total. The fraction of sp³-hybridized carbons (Fsp3) is 0.192. The third-order valence-electron chi connectivity index (χ3n) is 5.90. The molecule has 0 saturated carbocycles. The van der Waals surface area contributed by atoms with Crippen LogP contribution in [0.5, 0.6) is 17.2 Å². The van der Waals surface area contributed by atoms with E-state index in [2.05, 4.69) is 4.98 Å². The van der Waals surface area contributed by atoms with Gasteiger partial charge in [0.1, 0.15) is 17.2 Å². The van der Waals surface area contributed by atoms with E-state index in [-0.39, 0.29) is 11.5 Å². The normalized spacial score (nSPS) is 13.7. The minimum absolute atomic E-state index is 0.00405. The number of aromatic nitrogens is 1. The predicted octanol–water partition coefficient (Wildman–Crippen LogP) is 3.76. The lowest BCUT2D eigenvalue weighted by atomic mass is 10.0. The van der Waals surface area contributed by atoms with Crippen molar-refractivity contribution in [3.8, 4) is 17.2 Å². The predicted molar refractivity (Wildman–Crippen MR) is 128 cm³/mol. The quantitative estimate of drug-likeness (QED) is 0.489. The molecule has 4 aromatic rings. The van der Waals surface area contributed by atoms with Gasteiger partial charge in [-0.3, -0.25) is 14.6 Å². The molecule has 1 fully saturated rings. The molecule has 1 aliphatic rings. The Balaban J connectivity index is 1.50. The zero-order chi connectivity index (χ0) is 23.7. The lowest BCUT2D eigenvalue weighted by molar-refractivity contribution is 0.0304. The number of hydrogen-bond acceptors (Lipinski definition) is 6. The molecule has 1 aromatic heterocycles. The van der Waals surface area contributed by atoms with Crippen molar-refractivity contribution in [3.63, 3.8) is 0 Å². The molecule has 34 heavy (non-hydrogen) atoms. The molecule has 8 heteroatoms. The first-order chi connectivity index (χ1) is 16.5. The fourth-order valence-electron chi connectivity index (χ4n) is 4.17. The second kappa shape index (κ2) is 8.99. The van der Waals surface area contributed by atoms with Crippen molar-refractivity contribution in [2.75, 3.05) is 33.4 Å². The molecule has 1 saturated heterocycles. The van der Waals surface area contributed by atoms with E-state index < -0.39 is 5.91 Å². The van der Waals surface area contributed by atoms with Crippen LogP contribution in [0.15, 0.2) is 60.8 Å². The molecule has 2 amide bonds. The molecule has 5 rings (SSSR count). The lowest BCUT2D eigenvalue weighted by Crippen LogP contribution is -2.40. The minimum atomic E-state index is -0.600. The summed E-state index contributed by atoms with van der Waals surface area (Å²) in [5.41, 5.74) is 7.03. The first kappa shape index (κ1) is 21.7. The van der Waals surface area contributed by atoms with Gasteiger partial charge in [0, 0.05) is 36.3 Å². The zero-order valence-corrected chi connectivity index (χ0v) is 18.6.